The largest absolute Gasteiger partial charge is 0.318 e. The Bertz CT molecular complexity index is 1160. The standard InChI is InChI=1S/C21H15BrClN3O2/c1-13-8-16(14(2)25(13)18-6-7-20(22)21(23)11-18)9-17(12-24)15-4-3-5-19(10-15)26(27)28/h3-11H,1-2H3/b17-9-. The molecule has 0 N–H and O–H groups in total. The average Bonchev–Trinajstić information content (AvgIpc) is 2.95. The van der Waals surface area contributed by atoms with E-state index in [1.807, 2.05) is 42.7 Å². The molecular weight excluding hydrogens is 442 g/mol. The van der Waals surface area contributed by atoms with Crippen LogP contribution in [-0.4, -0.2) is 9.49 Å². The van der Waals surface area contributed by atoms with Gasteiger partial charge in [0, 0.05) is 33.7 Å². The van der Waals surface area contributed by atoms with Gasteiger partial charge in [-0.15, -0.1) is 0 Å². The van der Waals surface area contributed by atoms with Crippen molar-refractivity contribution in [1.82, 2.24) is 4.57 Å². The number of rotatable bonds is 4. The summed E-state index contributed by atoms with van der Waals surface area (Å²) in [5, 5.41) is 21.2. The molecule has 1 aromatic heterocycles. The van der Waals surface area contributed by atoms with Crippen molar-refractivity contribution in [1.29, 1.82) is 5.26 Å². The Morgan fingerprint density at radius 3 is 2.64 bits per heavy atom. The molecule has 0 bridgehead atoms. The lowest BCUT2D eigenvalue weighted by Crippen LogP contribution is -1.99. The van der Waals surface area contributed by atoms with Crippen molar-refractivity contribution in [2.24, 2.45) is 0 Å². The first-order chi connectivity index (χ1) is 13.3. The van der Waals surface area contributed by atoms with E-state index in [1.165, 1.54) is 12.1 Å². The maximum Gasteiger partial charge on any atom is 0.270 e. The lowest BCUT2D eigenvalue weighted by molar-refractivity contribution is -0.384. The van der Waals surface area contributed by atoms with Gasteiger partial charge >= 0.3 is 0 Å². The molecule has 2 aromatic carbocycles. The van der Waals surface area contributed by atoms with Crippen molar-refractivity contribution in [2.75, 3.05) is 0 Å². The molecule has 5 nitrogen and oxygen atoms in total. The Labute approximate surface area is 175 Å². The Morgan fingerprint density at radius 2 is 2.00 bits per heavy atom. The summed E-state index contributed by atoms with van der Waals surface area (Å²) in [4.78, 5) is 10.5. The van der Waals surface area contributed by atoms with E-state index in [9.17, 15) is 15.4 Å². The van der Waals surface area contributed by atoms with E-state index >= 15 is 0 Å². The lowest BCUT2D eigenvalue weighted by Gasteiger charge is -2.11. The Hall–Kier alpha value is -2.88. The first-order valence-corrected chi connectivity index (χ1v) is 9.50. The Kier molecular flexibility index (Phi) is 5.68. The van der Waals surface area contributed by atoms with Crippen molar-refractivity contribution in [3.05, 3.63) is 90.7 Å². The molecule has 0 unspecified atom stereocenters. The summed E-state index contributed by atoms with van der Waals surface area (Å²) in [6.45, 7) is 3.93. The summed E-state index contributed by atoms with van der Waals surface area (Å²) in [7, 11) is 0. The molecule has 0 saturated carbocycles. The van der Waals surface area contributed by atoms with Gasteiger partial charge in [-0.05, 0) is 71.2 Å². The van der Waals surface area contributed by atoms with Gasteiger partial charge in [0.05, 0.1) is 21.6 Å². The molecule has 0 saturated heterocycles. The molecule has 3 aromatic rings. The number of non-ortho nitro benzene ring substituents is 1. The number of aryl methyl sites for hydroxylation is 1. The van der Waals surface area contributed by atoms with Crippen molar-refractivity contribution in [3.8, 4) is 11.8 Å². The molecule has 0 aliphatic carbocycles. The summed E-state index contributed by atoms with van der Waals surface area (Å²) in [5.41, 5.74) is 4.52. The maximum absolute atomic E-state index is 11.0. The topological polar surface area (TPSA) is 71.9 Å². The van der Waals surface area contributed by atoms with Gasteiger partial charge < -0.3 is 4.57 Å². The molecule has 28 heavy (non-hydrogen) atoms. The van der Waals surface area contributed by atoms with E-state index in [0.717, 1.165) is 27.1 Å². The fourth-order valence-electron chi connectivity index (χ4n) is 3.08. The van der Waals surface area contributed by atoms with Gasteiger partial charge in [-0.2, -0.15) is 5.26 Å². The highest BCUT2D eigenvalue weighted by molar-refractivity contribution is 9.10. The Morgan fingerprint density at radius 1 is 1.25 bits per heavy atom. The van der Waals surface area contributed by atoms with Crippen LogP contribution >= 0.6 is 27.5 Å². The number of benzene rings is 2. The van der Waals surface area contributed by atoms with Crippen molar-refractivity contribution < 1.29 is 4.92 Å². The van der Waals surface area contributed by atoms with Crippen LogP contribution in [0.1, 0.15) is 22.5 Å². The number of hydrogen-bond acceptors (Lipinski definition) is 3. The SMILES string of the molecule is Cc1cc(/C=C(/C#N)c2cccc([N+](=O)[O-])c2)c(C)n1-c1ccc(Br)c(Cl)c1. The first kappa shape index (κ1) is 19.9. The predicted molar refractivity (Wildman–Crippen MR) is 115 cm³/mol. The highest BCUT2D eigenvalue weighted by Crippen LogP contribution is 2.30. The molecule has 0 radical (unpaired) electrons. The second kappa shape index (κ2) is 8.01. The van der Waals surface area contributed by atoms with E-state index < -0.39 is 4.92 Å². The molecule has 0 amide bonds. The van der Waals surface area contributed by atoms with E-state index in [0.29, 0.717) is 16.2 Å². The molecule has 3 rings (SSSR count). The minimum absolute atomic E-state index is 0.0476. The third-order valence-corrected chi connectivity index (χ3v) is 5.65. The van der Waals surface area contributed by atoms with Gasteiger partial charge in [0.1, 0.15) is 0 Å². The van der Waals surface area contributed by atoms with Gasteiger partial charge in [0.2, 0.25) is 0 Å². The predicted octanol–water partition coefficient (Wildman–Crippen LogP) is 6.48. The van der Waals surface area contributed by atoms with Crippen LogP contribution in [0, 0.1) is 35.3 Å². The molecule has 1 heterocycles. The fraction of sp³-hybridized carbons (Fsp3) is 0.0952. The van der Waals surface area contributed by atoms with Crippen LogP contribution in [0.15, 0.2) is 53.0 Å². The fourth-order valence-corrected chi connectivity index (χ4v) is 3.50. The van der Waals surface area contributed by atoms with Crippen LogP contribution in [0.3, 0.4) is 0 Å². The van der Waals surface area contributed by atoms with E-state index in [1.54, 1.807) is 18.2 Å². The van der Waals surface area contributed by atoms with Crippen molar-refractivity contribution in [2.45, 2.75) is 13.8 Å². The number of nitro groups is 1. The summed E-state index contributed by atoms with van der Waals surface area (Å²) in [5.74, 6) is 0. The zero-order valence-electron chi connectivity index (χ0n) is 15.1. The molecule has 140 valence electrons. The molecule has 0 atom stereocenters. The van der Waals surface area contributed by atoms with Crippen LogP contribution in [0.2, 0.25) is 5.02 Å². The number of nitro benzene ring substituents is 1. The minimum atomic E-state index is -0.471. The third-order valence-electron chi connectivity index (χ3n) is 4.42. The first-order valence-electron chi connectivity index (χ1n) is 8.33. The van der Waals surface area contributed by atoms with Crippen LogP contribution in [0.5, 0.6) is 0 Å². The van der Waals surface area contributed by atoms with Crippen molar-refractivity contribution in [3.63, 3.8) is 0 Å². The van der Waals surface area contributed by atoms with Crippen LogP contribution < -0.4 is 0 Å². The van der Waals surface area contributed by atoms with Gasteiger partial charge in [-0.25, -0.2) is 0 Å². The summed E-state index contributed by atoms with van der Waals surface area (Å²) < 4.78 is 2.87. The molecule has 0 fully saturated rings. The summed E-state index contributed by atoms with van der Waals surface area (Å²) >= 11 is 9.63. The number of allylic oxidation sites excluding steroid dienone is 1. The second-order valence-electron chi connectivity index (χ2n) is 6.24. The molecule has 0 aliphatic rings. The lowest BCUT2D eigenvalue weighted by atomic mass is 10.0. The number of hydrogen-bond donors (Lipinski definition) is 0. The van der Waals surface area contributed by atoms with Gasteiger partial charge in [-0.1, -0.05) is 23.7 Å². The summed E-state index contributed by atoms with van der Waals surface area (Å²) in [6, 6.07) is 15.9. The van der Waals surface area contributed by atoms with Crippen LogP contribution in [0.25, 0.3) is 17.3 Å². The quantitative estimate of drug-likeness (QED) is 0.256. The van der Waals surface area contributed by atoms with E-state index in [4.69, 9.17) is 11.6 Å². The van der Waals surface area contributed by atoms with Crippen LogP contribution in [0.4, 0.5) is 5.69 Å². The zero-order valence-corrected chi connectivity index (χ0v) is 17.5. The van der Waals surface area contributed by atoms with Crippen molar-refractivity contribution >= 4 is 44.9 Å². The zero-order chi connectivity index (χ0) is 20.4. The highest BCUT2D eigenvalue weighted by Gasteiger charge is 2.13. The second-order valence-corrected chi connectivity index (χ2v) is 7.50. The van der Waals surface area contributed by atoms with E-state index in [-0.39, 0.29) is 5.69 Å². The number of aromatic nitrogens is 1. The molecule has 7 heteroatoms. The van der Waals surface area contributed by atoms with E-state index in [2.05, 4.69) is 22.0 Å². The summed E-state index contributed by atoms with van der Waals surface area (Å²) in [6.07, 6.45) is 1.75. The minimum Gasteiger partial charge on any atom is -0.318 e. The van der Waals surface area contributed by atoms with Gasteiger partial charge in [0.25, 0.3) is 5.69 Å². The normalized spacial score (nSPS) is 11.3. The average molecular weight is 457 g/mol. The van der Waals surface area contributed by atoms with Gasteiger partial charge in [-0.3, -0.25) is 10.1 Å². The number of nitrogens with zero attached hydrogens (tertiary/aromatic N) is 3. The van der Waals surface area contributed by atoms with Gasteiger partial charge in [0.15, 0.2) is 0 Å². The molecule has 0 spiro atoms. The van der Waals surface area contributed by atoms with Crippen LogP contribution in [-0.2, 0) is 0 Å². The number of nitriles is 1. The highest BCUT2D eigenvalue weighted by atomic mass is 79.9. The molecule has 0 aliphatic heterocycles. The monoisotopic (exact) mass is 455 g/mol. The Balaban J connectivity index is 2.09. The molecular formula is C21H15BrClN3O2. The third kappa shape index (κ3) is 3.86. The number of halogens is 2. The smallest absolute Gasteiger partial charge is 0.270 e. The maximum atomic E-state index is 11.0.